The largest absolute Gasteiger partial charge is 0.495 e. The summed E-state index contributed by atoms with van der Waals surface area (Å²) in [4.78, 5) is 27.0. The molecule has 0 aromatic carbocycles. The van der Waals surface area contributed by atoms with E-state index in [9.17, 15) is 9.59 Å². The maximum absolute atomic E-state index is 13.7. The summed E-state index contributed by atoms with van der Waals surface area (Å²) in [7, 11) is 0. The summed E-state index contributed by atoms with van der Waals surface area (Å²) < 4.78 is 12.1. The van der Waals surface area contributed by atoms with Gasteiger partial charge in [-0.1, -0.05) is 55.0 Å². The molecular weight excluding hydrogens is 522 g/mol. The van der Waals surface area contributed by atoms with Gasteiger partial charge in [0.15, 0.2) is 5.78 Å². The molecule has 236 valence electrons. The molecule has 5 aliphatic carbocycles. The number of hydrogen-bond acceptors (Lipinski definition) is 4. The fourth-order valence-corrected chi connectivity index (χ4v) is 11.7. The standard InChI is InChI=1S/C37H59NO4/c1-22(2)29-25(39)21-37(38-31(40)42-32(5,6)7)20-19-35(11)24(30(29)37)13-14-27-34(10)17-16-28(41-23(3)4)33(8,9)26(34)15-18-36(27,35)12/h22,24,26-28H,3,13-21H2,1-2,4-12H3,(H,38,40)/t24?,26?,27?,28-,34?,35+,36?,37?/m0/s1. The molecule has 0 radical (unpaired) electrons. The Morgan fingerprint density at radius 3 is 2.19 bits per heavy atom. The van der Waals surface area contributed by atoms with E-state index in [1.165, 1.54) is 31.3 Å². The minimum Gasteiger partial charge on any atom is -0.495 e. The van der Waals surface area contributed by atoms with Crippen LogP contribution in [0.1, 0.15) is 134 Å². The van der Waals surface area contributed by atoms with Crippen LogP contribution in [0.3, 0.4) is 0 Å². The summed E-state index contributed by atoms with van der Waals surface area (Å²) in [5.74, 6) is 2.72. The van der Waals surface area contributed by atoms with Crippen LogP contribution < -0.4 is 5.32 Å². The molecular formula is C37H59NO4. The smallest absolute Gasteiger partial charge is 0.408 e. The van der Waals surface area contributed by atoms with Gasteiger partial charge in [0, 0.05) is 11.8 Å². The van der Waals surface area contributed by atoms with E-state index in [2.05, 4.69) is 60.4 Å². The van der Waals surface area contributed by atoms with E-state index >= 15 is 0 Å². The molecule has 0 aromatic heterocycles. The molecule has 5 aliphatic rings. The van der Waals surface area contributed by atoms with Crippen molar-refractivity contribution in [3.63, 3.8) is 0 Å². The van der Waals surface area contributed by atoms with E-state index in [1.54, 1.807) is 0 Å². The van der Waals surface area contributed by atoms with E-state index in [4.69, 9.17) is 9.47 Å². The molecule has 8 atom stereocenters. The summed E-state index contributed by atoms with van der Waals surface area (Å²) in [6.45, 7) is 28.7. The SMILES string of the molecule is C=C(C)O[C@H]1CCC2(C)C(CCC3(C)C2CCC2C4=C(C(C)C)C(=O)CC4(NC(=O)OC(C)(C)C)CC[C@]23C)C1(C)C. The van der Waals surface area contributed by atoms with Crippen molar-refractivity contribution in [1.29, 1.82) is 0 Å². The molecule has 5 nitrogen and oxygen atoms in total. The Morgan fingerprint density at radius 1 is 0.929 bits per heavy atom. The van der Waals surface area contributed by atoms with Gasteiger partial charge in [0.05, 0.1) is 11.3 Å². The van der Waals surface area contributed by atoms with Gasteiger partial charge >= 0.3 is 6.09 Å². The minimum atomic E-state index is -0.618. The number of carbonyl (C=O) groups excluding carboxylic acids is 2. The number of rotatable bonds is 4. The van der Waals surface area contributed by atoms with Gasteiger partial charge in [0.25, 0.3) is 0 Å². The number of allylic oxidation sites excluding steroid dienone is 2. The number of amides is 1. The van der Waals surface area contributed by atoms with E-state index in [1.807, 2.05) is 27.7 Å². The number of carbonyl (C=O) groups is 2. The first-order valence-corrected chi connectivity index (χ1v) is 16.8. The number of ketones is 1. The molecule has 5 rings (SSSR count). The summed E-state index contributed by atoms with van der Waals surface area (Å²) in [5.41, 5.74) is 1.62. The van der Waals surface area contributed by atoms with Crippen LogP contribution in [0.15, 0.2) is 23.5 Å². The molecule has 0 bridgehead atoms. The Hall–Kier alpha value is -1.78. The zero-order valence-electron chi connectivity index (χ0n) is 28.6. The predicted molar refractivity (Wildman–Crippen MR) is 169 cm³/mol. The van der Waals surface area contributed by atoms with Gasteiger partial charge in [-0.3, -0.25) is 4.79 Å². The van der Waals surface area contributed by atoms with Crippen molar-refractivity contribution in [3.8, 4) is 0 Å². The van der Waals surface area contributed by atoms with Crippen LogP contribution in [0.4, 0.5) is 4.79 Å². The van der Waals surface area contributed by atoms with Crippen molar-refractivity contribution in [2.75, 3.05) is 0 Å². The van der Waals surface area contributed by atoms with E-state index in [0.29, 0.717) is 24.2 Å². The third-order valence-corrected chi connectivity index (χ3v) is 13.5. The molecule has 42 heavy (non-hydrogen) atoms. The Morgan fingerprint density at radius 2 is 1.60 bits per heavy atom. The van der Waals surface area contributed by atoms with Crippen molar-refractivity contribution in [1.82, 2.24) is 5.32 Å². The highest BCUT2D eigenvalue weighted by Gasteiger charge is 2.70. The van der Waals surface area contributed by atoms with Crippen LogP contribution in [-0.2, 0) is 14.3 Å². The van der Waals surface area contributed by atoms with Crippen LogP contribution in [-0.4, -0.2) is 29.1 Å². The second-order valence-corrected chi connectivity index (χ2v) is 17.6. The Labute approximate surface area is 256 Å². The molecule has 1 N–H and O–H groups in total. The number of fused-ring (bicyclic) bond motifs is 7. The van der Waals surface area contributed by atoms with E-state index < -0.39 is 17.2 Å². The number of hydrogen-bond donors (Lipinski definition) is 1. The van der Waals surface area contributed by atoms with Gasteiger partial charge < -0.3 is 14.8 Å². The van der Waals surface area contributed by atoms with Crippen molar-refractivity contribution < 1.29 is 19.1 Å². The number of alkyl carbamates (subject to hydrolysis) is 1. The van der Waals surface area contributed by atoms with Crippen molar-refractivity contribution >= 4 is 11.9 Å². The zero-order chi connectivity index (χ0) is 31.3. The number of nitrogens with one attached hydrogen (secondary N) is 1. The zero-order valence-corrected chi connectivity index (χ0v) is 28.6. The van der Waals surface area contributed by atoms with Gasteiger partial charge in [0.1, 0.15) is 11.7 Å². The van der Waals surface area contributed by atoms with Crippen molar-refractivity contribution in [2.45, 2.75) is 151 Å². The molecule has 4 fully saturated rings. The average Bonchev–Trinajstić information content (AvgIpc) is 3.11. The topological polar surface area (TPSA) is 64.6 Å². The van der Waals surface area contributed by atoms with Crippen LogP contribution in [0.2, 0.25) is 0 Å². The first-order valence-electron chi connectivity index (χ1n) is 16.8. The lowest BCUT2D eigenvalue weighted by molar-refractivity contribution is -0.228. The quantitative estimate of drug-likeness (QED) is 0.336. The monoisotopic (exact) mass is 581 g/mol. The van der Waals surface area contributed by atoms with Crippen LogP contribution in [0.5, 0.6) is 0 Å². The number of ether oxygens (including phenoxy) is 2. The summed E-state index contributed by atoms with van der Waals surface area (Å²) in [6.07, 6.45) is 8.99. The fraction of sp³-hybridized carbons (Fsp3) is 0.838. The minimum absolute atomic E-state index is 0.0678. The molecule has 4 saturated carbocycles. The average molecular weight is 582 g/mol. The van der Waals surface area contributed by atoms with Crippen LogP contribution in [0.25, 0.3) is 0 Å². The molecule has 5 heteroatoms. The van der Waals surface area contributed by atoms with Crippen molar-refractivity contribution in [2.24, 2.45) is 45.3 Å². The molecule has 0 aliphatic heterocycles. The first kappa shape index (κ1) is 31.6. The Balaban J connectivity index is 1.53. The third-order valence-electron chi connectivity index (χ3n) is 13.5. The Bertz CT molecular complexity index is 1190. The van der Waals surface area contributed by atoms with Gasteiger partial charge in [-0.15, -0.1) is 0 Å². The molecule has 6 unspecified atom stereocenters. The second kappa shape index (κ2) is 9.86. The van der Waals surface area contributed by atoms with Gasteiger partial charge in [-0.2, -0.15) is 0 Å². The molecule has 0 saturated heterocycles. The molecule has 0 heterocycles. The lowest BCUT2D eigenvalue weighted by Gasteiger charge is -2.72. The second-order valence-electron chi connectivity index (χ2n) is 17.6. The predicted octanol–water partition coefficient (Wildman–Crippen LogP) is 9.16. The van der Waals surface area contributed by atoms with E-state index in [-0.39, 0.29) is 39.5 Å². The fourth-order valence-electron chi connectivity index (χ4n) is 11.7. The Kier molecular flexibility index (Phi) is 7.43. The summed E-state index contributed by atoms with van der Waals surface area (Å²) in [6, 6.07) is 0. The van der Waals surface area contributed by atoms with Crippen molar-refractivity contribution in [3.05, 3.63) is 23.5 Å². The highest BCUT2D eigenvalue weighted by atomic mass is 16.6. The number of Topliss-reactive ketones (excluding diaryl/α,β-unsaturated/α-hetero) is 1. The van der Waals surface area contributed by atoms with E-state index in [0.717, 1.165) is 37.0 Å². The summed E-state index contributed by atoms with van der Waals surface area (Å²) >= 11 is 0. The highest BCUT2D eigenvalue weighted by Crippen LogP contribution is 2.75. The third kappa shape index (κ3) is 4.52. The highest BCUT2D eigenvalue weighted by molar-refractivity contribution is 6.02. The van der Waals surface area contributed by atoms with Crippen LogP contribution >= 0.6 is 0 Å². The maximum Gasteiger partial charge on any atom is 0.408 e. The molecule has 0 aromatic rings. The van der Waals surface area contributed by atoms with Gasteiger partial charge in [-0.05, 0) is 130 Å². The lowest BCUT2D eigenvalue weighted by atomic mass is 9.33. The molecule has 0 spiro atoms. The molecule has 1 amide bonds. The normalized spacial score (nSPS) is 42.7. The van der Waals surface area contributed by atoms with Gasteiger partial charge in [0.2, 0.25) is 0 Å². The van der Waals surface area contributed by atoms with Crippen LogP contribution in [0, 0.1) is 45.3 Å². The summed E-state index contributed by atoms with van der Waals surface area (Å²) in [5, 5.41) is 3.32. The van der Waals surface area contributed by atoms with Gasteiger partial charge in [-0.25, -0.2) is 4.79 Å². The lowest BCUT2D eigenvalue weighted by Crippen LogP contribution is -2.67. The first-order chi connectivity index (χ1) is 19.2. The maximum atomic E-state index is 13.7.